The summed E-state index contributed by atoms with van der Waals surface area (Å²) in [4.78, 5) is 2.56. The van der Waals surface area contributed by atoms with Gasteiger partial charge in [-0.05, 0) is 63.3 Å². The molecule has 1 N–H and O–H groups in total. The lowest BCUT2D eigenvalue weighted by molar-refractivity contribution is 0.184. The molecule has 1 saturated heterocycles. The third-order valence-electron chi connectivity index (χ3n) is 4.87. The zero-order chi connectivity index (χ0) is 13.8. The van der Waals surface area contributed by atoms with E-state index in [0.29, 0.717) is 0 Å². The van der Waals surface area contributed by atoms with Crippen molar-refractivity contribution in [3.63, 3.8) is 0 Å². The summed E-state index contributed by atoms with van der Waals surface area (Å²) in [6, 6.07) is 11.7. The topological polar surface area (TPSA) is 15.3 Å². The molecule has 1 aliphatic heterocycles. The van der Waals surface area contributed by atoms with Gasteiger partial charge in [0.2, 0.25) is 0 Å². The fraction of sp³-hybridized carbons (Fsp3) is 0.611. The van der Waals surface area contributed by atoms with Crippen LogP contribution in [-0.2, 0) is 0 Å². The van der Waals surface area contributed by atoms with E-state index in [9.17, 15) is 0 Å². The Bertz CT molecular complexity index is 395. The first kappa shape index (κ1) is 14.1. The van der Waals surface area contributed by atoms with Crippen LogP contribution in [-0.4, -0.2) is 37.1 Å². The Hall–Kier alpha value is -0.860. The molecule has 20 heavy (non-hydrogen) atoms. The predicted molar refractivity (Wildman–Crippen MR) is 84.7 cm³/mol. The first-order chi connectivity index (χ1) is 9.86. The summed E-state index contributed by atoms with van der Waals surface area (Å²) in [5, 5.41) is 3.79. The number of nitrogens with one attached hydrogen (secondary N) is 1. The first-order valence-corrected chi connectivity index (χ1v) is 8.16. The zero-order valence-electron chi connectivity index (χ0n) is 12.4. The van der Waals surface area contributed by atoms with E-state index in [1.807, 2.05) is 0 Å². The lowest BCUT2D eigenvalue weighted by atomic mass is 9.96. The second-order valence-electron chi connectivity index (χ2n) is 6.41. The molecule has 0 spiro atoms. The molecular formula is C18H27N2. The third-order valence-corrected chi connectivity index (χ3v) is 4.87. The number of likely N-dealkylation sites (tertiary alicyclic amines) is 1. The molecule has 1 radical (unpaired) electrons. The van der Waals surface area contributed by atoms with Gasteiger partial charge in [0.05, 0.1) is 0 Å². The molecule has 0 aromatic heterocycles. The molecule has 2 fully saturated rings. The Morgan fingerprint density at radius 3 is 2.60 bits per heavy atom. The number of hydrogen-bond donors (Lipinski definition) is 1. The average molecular weight is 271 g/mol. The van der Waals surface area contributed by atoms with Crippen LogP contribution in [0, 0.1) is 12.8 Å². The molecule has 2 nitrogen and oxygen atoms in total. The maximum atomic E-state index is 3.95. The molecule has 2 heteroatoms. The van der Waals surface area contributed by atoms with Crippen molar-refractivity contribution in [2.75, 3.05) is 26.2 Å². The van der Waals surface area contributed by atoms with E-state index in [1.54, 1.807) is 0 Å². The highest BCUT2D eigenvalue weighted by Crippen LogP contribution is 2.40. The molecule has 0 bridgehead atoms. The highest BCUT2D eigenvalue weighted by atomic mass is 15.1. The van der Waals surface area contributed by atoms with Crippen LogP contribution in [0.2, 0.25) is 0 Å². The first-order valence-electron chi connectivity index (χ1n) is 8.16. The number of hydrogen-bond acceptors (Lipinski definition) is 2. The lowest BCUT2D eigenvalue weighted by Gasteiger charge is -2.31. The Morgan fingerprint density at radius 2 is 1.90 bits per heavy atom. The van der Waals surface area contributed by atoms with Crippen LogP contribution in [0.15, 0.2) is 30.3 Å². The molecule has 2 aliphatic rings. The van der Waals surface area contributed by atoms with Crippen LogP contribution in [0.4, 0.5) is 0 Å². The fourth-order valence-electron chi connectivity index (χ4n) is 3.45. The highest BCUT2D eigenvalue weighted by Gasteiger charge is 2.38. The van der Waals surface area contributed by atoms with Gasteiger partial charge in [-0.2, -0.15) is 0 Å². The Kier molecular flexibility index (Phi) is 4.74. The molecule has 1 aromatic carbocycles. The van der Waals surface area contributed by atoms with Crippen LogP contribution in [0.25, 0.3) is 0 Å². The van der Waals surface area contributed by atoms with Crippen molar-refractivity contribution >= 4 is 0 Å². The van der Waals surface area contributed by atoms with Gasteiger partial charge < -0.3 is 10.2 Å². The van der Waals surface area contributed by atoms with E-state index >= 15 is 0 Å². The number of rotatable bonds is 6. The van der Waals surface area contributed by atoms with E-state index in [2.05, 4.69) is 47.5 Å². The van der Waals surface area contributed by atoms with Gasteiger partial charge in [0.1, 0.15) is 0 Å². The van der Waals surface area contributed by atoms with Crippen molar-refractivity contribution in [2.24, 2.45) is 5.92 Å². The molecule has 1 aromatic rings. The van der Waals surface area contributed by atoms with Gasteiger partial charge in [0.15, 0.2) is 0 Å². The summed E-state index contributed by atoms with van der Waals surface area (Å²) in [5.74, 6) is 1.65. The molecule has 1 saturated carbocycles. The van der Waals surface area contributed by atoms with E-state index < -0.39 is 0 Å². The van der Waals surface area contributed by atoms with Crippen LogP contribution in [0.3, 0.4) is 0 Å². The predicted octanol–water partition coefficient (Wildman–Crippen LogP) is 3.07. The van der Waals surface area contributed by atoms with Gasteiger partial charge in [0.25, 0.3) is 0 Å². The normalized spacial score (nSPS) is 27.6. The SMILES string of the molecule is [CH2]CCN1CCC(CNC2CC2c2ccccc2)CC1. The van der Waals surface area contributed by atoms with Crippen LogP contribution in [0.1, 0.15) is 37.2 Å². The third kappa shape index (κ3) is 3.62. The number of nitrogens with zero attached hydrogens (tertiary/aromatic N) is 1. The fourth-order valence-corrected chi connectivity index (χ4v) is 3.45. The summed E-state index contributed by atoms with van der Waals surface area (Å²) in [6.07, 6.45) is 5.08. The van der Waals surface area contributed by atoms with Crippen LogP contribution < -0.4 is 5.32 Å². The number of piperidine rings is 1. The van der Waals surface area contributed by atoms with Gasteiger partial charge in [-0.25, -0.2) is 0 Å². The summed E-state index contributed by atoms with van der Waals surface area (Å²) in [7, 11) is 0. The summed E-state index contributed by atoms with van der Waals surface area (Å²) in [6.45, 7) is 8.89. The molecule has 0 amide bonds. The van der Waals surface area contributed by atoms with E-state index in [4.69, 9.17) is 0 Å². The van der Waals surface area contributed by atoms with Crippen molar-refractivity contribution < 1.29 is 0 Å². The monoisotopic (exact) mass is 271 g/mol. The standard InChI is InChI=1S/C18H27N2/c1-2-10-20-11-8-15(9-12-20)14-19-18-13-17(18)16-6-4-3-5-7-16/h3-7,15,17-19H,1-2,8-14H2. The maximum Gasteiger partial charge on any atom is 0.0143 e. The van der Waals surface area contributed by atoms with E-state index in [1.165, 1.54) is 51.0 Å². The minimum absolute atomic E-state index is 0.732. The molecule has 2 atom stereocenters. The van der Waals surface area contributed by atoms with Crippen molar-refractivity contribution in [2.45, 2.75) is 37.6 Å². The minimum atomic E-state index is 0.732. The summed E-state index contributed by atoms with van der Waals surface area (Å²) < 4.78 is 0. The second kappa shape index (κ2) is 6.73. The van der Waals surface area contributed by atoms with Crippen molar-refractivity contribution in [1.82, 2.24) is 10.2 Å². The summed E-state index contributed by atoms with van der Waals surface area (Å²) in [5.41, 5.74) is 1.51. The van der Waals surface area contributed by atoms with E-state index in [0.717, 1.165) is 24.3 Å². The smallest absolute Gasteiger partial charge is 0.0143 e. The second-order valence-corrected chi connectivity index (χ2v) is 6.41. The van der Waals surface area contributed by atoms with Crippen LogP contribution >= 0.6 is 0 Å². The lowest BCUT2D eigenvalue weighted by Crippen LogP contribution is -2.38. The van der Waals surface area contributed by atoms with Gasteiger partial charge in [0, 0.05) is 12.0 Å². The average Bonchev–Trinajstić information content (AvgIpc) is 3.27. The minimum Gasteiger partial charge on any atom is -0.313 e. The van der Waals surface area contributed by atoms with Crippen molar-refractivity contribution in [3.05, 3.63) is 42.8 Å². The van der Waals surface area contributed by atoms with Gasteiger partial charge >= 0.3 is 0 Å². The van der Waals surface area contributed by atoms with Gasteiger partial charge in [-0.3, -0.25) is 0 Å². The highest BCUT2D eigenvalue weighted by molar-refractivity contribution is 5.27. The molecule has 2 unspecified atom stereocenters. The molecule has 1 heterocycles. The molecular weight excluding hydrogens is 244 g/mol. The Morgan fingerprint density at radius 1 is 1.15 bits per heavy atom. The van der Waals surface area contributed by atoms with E-state index in [-0.39, 0.29) is 0 Å². The van der Waals surface area contributed by atoms with Gasteiger partial charge in [-0.1, -0.05) is 37.3 Å². The Labute approximate surface area is 123 Å². The van der Waals surface area contributed by atoms with Crippen molar-refractivity contribution in [1.29, 1.82) is 0 Å². The van der Waals surface area contributed by atoms with Crippen LogP contribution in [0.5, 0.6) is 0 Å². The molecule has 109 valence electrons. The van der Waals surface area contributed by atoms with Crippen molar-refractivity contribution in [3.8, 4) is 0 Å². The largest absolute Gasteiger partial charge is 0.313 e. The Balaban J connectivity index is 1.36. The quantitative estimate of drug-likeness (QED) is 0.855. The molecule has 3 rings (SSSR count). The summed E-state index contributed by atoms with van der Waals surface area (Å²) >= 11 is 0. The van der Waals surface area contributed by atoms with Gasteiger partial charge in [-0.15, -0.1) is 0 Å². The maximum absolute atomic E-state index is 3.95. The zero-order valence-corrected chi connectivity index (χ0v) is 12.4. The molecule has 1 aliphatic carbocycles. The number of benzene rings is 1.